The third kappa shape index (κ3) is 4.76. The smallest absolute Gasteiger partial charge is 0.251 e. The topological polar surface area (TPSA) is 88.1 Å². The van der Waals surface area contributed by atoms with Gasteiger partial charge in [0.2, 0.25) is 5.91 Å². The Bertz CT molecular complexity index is 1170. The fourth-order valence-corrected chi connectivity index (χ4v) is 6.12. The molecule has 4 aliphatic rings. The number of nitrogens with zero attached hydrogens (tertiary/aromatic N) is 1. The molecule has 37 heavy (non-hydrogen) atoms. The van der Waals surface area contributed by atoms with Crippen LogP contribution in [0.2, 0.25) is 0 Å². The molecular formula is C30H36N2O5. The van der Waals surface area contributed by atoms with Crippen molar-refractivity contribution >= 4 is 11.8 Å². The molecule has 4 fully saturated rings. The zero-order valence-electron chi connectivity index (χ0n) is 21.5. The average molecular weight is 505 g/mol. The third-order valence-corrected chi connectivity index (χ3v) is 8.90. The van der Waals surface area contributed by atoms with Gasteiger partial charge in [-0.15, -0.1) is 0 Å². The Morgan fingerprint density at radius 3 is 2.30 bits per heavy atom. The highest BCUT2D eigenvalue weighted by molar-refractivity contribution is 5.95. The van der Waals surface area contributed by atoms with Crippen molar-refractivity contribution in [2.24, 2.45) is 11.3 Å². The van der Waals surface area contributed by atoms with Crippen molar-refractivity contribution in [1.82, 2.24) is 10.2 Å². The number of ether oxygens (including phenoxy) is 2. The number of nitrogens with one attached hydrogen (secondary N) is 1. The van der Waals surface area contributed by atoms with E-state index in [4.69, 9.17) is 9.47 Å². The molecule has 1 heterocycles. The van der Waals surface area contributed by atoms with E-state index in [0.29, 0.717) is 29.6 Å². The number of phenols is 1. The van der Waals surface area contributed by atoms with Crippen molar-refractivity contribution in [1.29, 1.82) is 0 Å². The van der Waals surface area contributed by atoms with Crippen LogP contribution in [0.5, 0.6) is 17.2 Å². The maximum Gasteiger partial charge on any atom is 0.251 e. The van der Waals surface area contributed by atoms with Gasteiger partial charge in [0.25, 0.3) is 5.91 Å². The zero-order chi connectivity index (χ0) is 25.6. The number of aromatic hydroxyl groups is 1. The molecule has 6 rings (SSSR count). The highest BCUT2D eigenvalue weighted by Gasteiger charge is 2.57. The first-order chi connectivity index (χ1) is 17.9. The Morgan fingerprint density at radius 2 is 1.68 bits per heavy atom. The van der Waals surface area contributed by atoms with Gasteiger partial charge in [0, 0.05) is 30.1 Å². The summed E-state index contributed by atoms with van der Waals surface area (Å²) in [7, 11) is 1.61. The Labute approximate surface area is 218 Å². The lowest BCUT2D eigenvalue weighted by atomic mass is 9.67. The van der Waals surface area contributed by atoms with Crippen LogP contribution in [0.4, 0.5) is 0 Å². The molecule has 7 heteroatoms. The second kappa shape index (κ2) is 9.26. The summed E-state index contributed by atoms with van der Waals surface area (Å²) in [6.07, 6.45) is 8.07. The lowest BCUT2D eigenvalue weighted by Crippen LogP contribution is -2.62. The van der Waals surface area contributed by atoms with Crippen LogP contribution in [-0.2, 0) is 10.2 Å². The molecule has 1 saturated heterocycles. The lowest BCUT2D eigenvalue weighted by Gasteiger charge is -2.54. The average Bonchev–Trinajstić information content (AvgIpc) is 3.82. The molecule has 2 aromatic carbocycles. The Morgan fingerprint density at radius 1 is 0.973 bits per heavy atom. The molecule has 1 aliphatic heterocycles. The Kier molecular flexibility index (Phi) is 6.04. The molecule has 2 aromatic rings. The quantitative estimate of drug-likeness (QED) is 0.556. The van der Waals surface area contributed by atoms with E-state index in [1.165, 1.54) is 12.8 Å². The number of carbonyl (C=O) groups excluding carboxylic acids is 2. The number of likely N-dealkylation sites (tertiary alicyclic amines) is 1. The number of amides is 2. The van der Waals surface area contributed by atoms with Crippen molar-refractivity contribution in [2.45, 2.75) is 62.8 Å². The fourth-order valence-electron chi connectivity index (χ4n) is 6.12. The molecule has 3 aliphatic carbocycles. The fraction of sp³-hybridized carbons (Fsp3) is 0.533. The molecule has 2 N–H and O–H groups in total. The first-order valence-corrected chi connectivity index (χ1v) is 13.6. The summed E-state index contributed by atoms with van der Waals surface area (Å²) in [6, 6.07) is 12.6. The van der Waals surface area contributed by atoms with E-state index in [2.05, 4.69) is 5.32 Å². The van der Waals surface area contributed by atoms with Crippen LogP contribution in [0.25, 0.3) is 0 Å². The predicted octanol–water partition coefficient (Wildman–Crippen LogP) is 4.42. The molecule has 0 unspecified atom stereocenters. The minimum absolute atomic E-state index is 0.0742. The molecule has 2 amide bonds. The summed E-state index contributed by atoms with van der Waals surface area (Å²) in [5, 5.41) is 12.8. The van der Waals surface area contributed by atoms with Gasteiger partial charge >= 0.3 is 0 Å². The second-order valence-corrected chi connectivity index (χ2v) is 11.7. The van der Waals surface area contributed by atoms with Gasteiger partial charge in [0.05, 0.1) is 19.1 Å². The van der Waals surface area contributed by atoms with Crippen molar-refractivity contribution in [2.75, 3.05) is 26.8 Å². The van der Waals surface area contributed by atoms with Crippen LogP contribution >= 0.6 is 0 Å². The number of benzene rings is 2. The van der Waals surface area contributed by atoms with Crippen LogP contribution < -0.4 is 14.8 Å². The van der Waals surface area contributed by atoms with Crippen molar-refractivity contribution in [3.63, 3.8) is 0 Å². The minimum atomic E-state index is -0.389. The summed E-state index contributed by atoms with van der Waals surface area (Å²) in [6.45, 7) is 2.29. The first-order valence-electron chi connectivity index (χ1n) is 13.6. The minimum Gasteiger partial charge on any atom is -0.508 e. The zero-order valence-corrected chi connectivity index (χ0v) is 21.5. The maximum atomic E-state index is 13.3. The lowest BCUT2D eigenvalue weighted by molar-refractivity contribution is -0.148. The highest BCUT2D eigenvalue weighted by Crippen LogP contribution is 2.53. The van der Waals surface area contributed by atoms with Gasteiger partial charge < -0.3 is 24.8 Å². The number of methoxy groups -OCH3 is 1. The number of hydrogen-bond acceptors (Lipinski definition) is 5. The number of carbonyl (C=O) groups is 2. The van der Waals surface area contributed by atoms with E-state index in [0.717, 1.165) is 57.2 Å². The van der Waals surface area contributed by atoms with Crippen molar-refractivity contribution in [3.05, 3.63) is 53.6 Å². The van der Waals surface area contributed by atoms with Crippen LogP contribution in [0, 0.1) is 11.3 Å². The van der Waals surface area contributed by atoms with Gasteiger partial charge in [-0.2, -0.15) is 0 Å². The largest absolute Gasteiger partial charge is 0.508 e. The van der Waals surface area contributed by atoms with Crippen molar-refractivity contribution in [3.8, 4) is 17.2 Å². The van der Waals surface area contributed by atoms with Gasteiger partial charge in [0.15, 0.2) is 11.5 Å². The summed E-state index contributed by atoms with van der Waals surface area (Å²) in [5.41, 5.74) is 1.41. The molecule has 0 atom stereocenters. The highest BCUT2D eigenvalue weighted by atomic mass is 16.5. The van der Waals surface area contributed by atoms with Crippen LogP contribution in [0.15, 0.2) is 42.5 Å². The summed E-state index contributed by atoms with van der Waals surface area (Å²) < 4.78 is 11.3. The van der Waals surface area contributed by atoms with E-state index >= 15 is 0 Å². The van der Waals surface area contributed by atoms with Crippen LogP contribution in [0.3, 0.4) is 0 Å². The summed E-state index contributed by atoms with van der Waals surface area (Å²) in [4.78, 5) is 28.4. The number of hydrogen-bond donors (Lipinski definition) is 2. The molecule has 3 saturated carbocycles. The van der Waals surface area contributed by atoms with Gasteiger partial charge in [-0.3, -0.25) is 9.59 Å². The van der Waals surface area contributed by atoms with Crippen molar-refractivity contribution < 1.29 is 24.2 Å². The van der Waals surface area contributed by atoms with Crippen LogP contribution in [0.1, 0.15) is 67.3 Å². The molecule has 7 nitrogen and oxygen atoms in total. The van der Waals surface area contributed by atoms with E-state index in [9.17, 15) is 14.7 Å². The monoisotopic (exact) mass is 504 g/mol. The van der Waals surface area contributed by atoms with E-state index < -0.39 is 0 Å². The van der Waals surface area contributed by atoms with Crippen LogP contribution in [-0.4, -0.2) is 54.7 Å². The number of phenolic OH excluding ortho intramolecular Hbond substituents is 1. The van der Waals surface area contributed by atoms with Gasteiger partial charge in [-0.25, -0.2) is 0 Å². The predicted molar refractivity (Wildman–Crippen MR) is 139 cm³/mol. The molecule has 0 aromatic heterocycles. The van der Waals surface area contributed by atoms with E-state index in [-0.39, 0.29) is 34.4 Å². The number of rotatable bonds is 8. The Balaban J connectivity index is 1.01. The second-order valence-electron chi connectivity index (χ2n) is 11.7. The van der Waals surface area contributed by atoms with E-state index in [1.54, 1.807) is 37.4 Å². The molecule has 1 spiro atoms. The summed E-state index contributed by atoms with van der Waals surface area (Å²) >= 11 is 0. The molecule has 0 bridgehead atoms. The first kappa shape index (κ1) is 24.1. The molecule has 196 valence electrons. The normalized spacial score (nSPS) is 21.7. The third-order valence-electron chi connectivity index (χ3n) is 8.90. The molecule has 0 radical (unpaired) electrons. The maximum absolute atomic E-state index is 13.3. The summed E-state index contributed by atoms with van der Waals surface area (Å²) in [5.74, 6) is 2.29. The van der Waals surface area contributed by atoms with Gasteiger partial charge in [-0.1, -0.05) is 12.1 Å². The SMILES string of the molecule is COc1ccc(C(=O)NC2CCC3(CC2)CN(C(=O)C2(c4ccc(O)cc4)CC2)C3)cc1OCC1CC1. The van der Waals surface area contributed by atoms with E-state index in [1.807, 2.05) is 17.0 Å². The molecular weight excluding hydrogens is 468 g/mol. The standard InChI is InChI=1S/C30H36N2O5/c1-36-25-9-4-21(16-26(25)37-17-20-2-3-20)27(34)31-23-10-12-29(13-11-23)18-32(19-29)28(35)30(14-15-30)22-5-7-24(33)8-6-22/h4-9,16,20,23,33H,2-3,10-15,17-19H2,1H3,(H,31,34). The van der Waals surface area contributed by atoms with Gasteiger partial charge in [0.1, 0.15) is 5.75 Å². The van der Waals surface area contributed by atoms with Gasteiger partial charge in [-0.05, 0) is 93.2 Å². The Hall–Kier alpha value is -3.22.